The maximum atomic E-state index is 13.9. The van der Waals surface area contributed by atoms with Crippen LogP contribution >= 0.6 is 0 Å². The highest BCUT2D eigenvalue weighted by Gasteiger charge is 2.33. The van der Waals surface area contributed by atoms with E-state index in [9.17, 15) is 27.9 Å². The molecule has 0 spiro atoms. The third-order valence-corrected chi connectivity index (χ3v) is 5.81. The van der Waals surface area contributed by atoms with E-state index in [4.69, 9.17) is 0 Å². The van der Waals surface area contributed by atoms with Crippen LogP contribution in [0.1, 0.15) is 49.1 Å². The van der Waals surface area contributed by atoms with E-state index in [1.165, 1.54) is 24.8 Å². The lowest BCUT2D eigenvalue weighted by Gasteiger charge is -2.22. The second-order valence-corrected chi connectivity index (χ2v) is 7.90. The number of hydrogen-bond acceptors (Lipinski definition) is 3. The van der Waals surface area contributed by atoms with Gasteiger partial charge in [0, 0.05) is 5.69 Å². The van der Waals surface area contributed by atoms with Crippen LogP contribution in [0.2, 0.25) is 0 Å². The van der Waals surface area contributed by atoms with E-state index >= 15 is 0 Å². The zero-order valence-corrected chi connectivity index (χ0v) is 17.1. The molecular weight excluding hydrogens is 421 g/mol. The van der Waals surface area contributed by atoms with Gasteiger partial charge in [0.2, 0.25) is 0 Å². The molecule has 0 unspecified atom stereocenters. The molecule has 2 aromatic rings. The van der Waals surface area contributed by atoms with Crippen LogP contribution in [0.5, 0.6) is 0 Å². The van der Waals surface area contributed by atoms with Crippen molar-refractivity contribution in [1.82, 2.24) is 5.32 Å². The second kappa shape index (κ2) is 8.90. The number of aliphatic hydroxyl groups excluding tert-OH is 1. The summed E-state index contributed by atoms with van der Waals surface area (Å²) < 4.78 is 41.2. The van der Waals surface area contributed by atoms with Crippen LogP contribution in [0.15, 0.2) is 53.4 Å². The molecule has 1 saturated carbocycles. The number of benzene rings is 2. The Morgan fingerprint density at radius 1 is 1.00 bits per heavy atom. The van der Waals surface area contributed by atoms with Gasteiger partial charge in [0.25, 0.3) is 11.8 Å². The summed E-state index contributed by atoms with van der Waals surface area (Å²) in [5, 5.41) is 15.0. The van der Waals surface area contributed by atoms with Crippen molar-refractivity contribution in [2.24, 2.45) is 0 Å². The highest BCUT2D eigenvalue weighted by Crippen LogP contribution is 2.33. The summed E-state index contributed by atoms with van der Waals surface area (Å²) in [5.74, 6) is -5.96. The van der Waals surface area contributed by atoms with Gasteiger partial charge in [0.1, 0.15) is 11.4 Å². The van der Waals surface area contributed by atoms with Crippen molar-refractivity contribution in [1.29, 1.82) is 0 Å². The highest BCUT2D eigenvalue weighted by molar-refractivity contribution is 6.25. The molecule has 1 fully saturated rings. The van der Waals surface area contributed by atoms with Crippen LogP contribution in [-0.2, 0) is 9.59 Å². The van der Waals surface area contributed by atoms with E-state index in [1.54, 1.807) is 12.1 Å². The van der Waals surface area contributed by atoms with Crippen molar-refractivity contribution < 1.29 is 27.9 Å². The zero-order chi connectivity index (χ0) is 22.8. The molecule has 8 heteroatoms. The minimum Gasteiger partial charge on any atom is -0.505 e. The van der Waals surface area contributed by atoms with Gasteiger partial charge >= 0.3 is 0 Å². The molecule has 1 heterocycles. The third-order valence-electron chi connectivity index (χ3n) is 5.81. The van der Waals surface area contributed by atoms with Crippen LogP contribution in [0.3, 0.4) is 0 Å². The van der Waals surface area contributed by atoms with Gasteiger partial charge in [-0.15, -0.1) is 0 Å². The van der Waals surface area contributed by atoms with Gasteiger partial charge in [-0.1, -0.05) is 31.4 Å². The molecule has 166 valence electrons. The summed E-state index contributed by atoms with van der Waals surface area (Å²) in [5.41, 5.74) is -0.178. The summed E-state index contributed by atoms with van der Waals surface area (Å²) >= 11 is 0. The maximum absolute atomic E-state index is 13.9. The van der Waals surface area contributed by atoms with Gasteiger partial charge in [-0.2, -0.15) is 0 Å². The molecule has 2 amide bonds. The molecular formula is C24H21F3N2O3. The number of halogens is 3. The van der Waals surface area contributed by atoms with Gasteiger partial charge < -0.3 is 15.7 Å². The normalized spacial score (nSPS) is 18.2. The fourth-order valence-electron chi connectivity index (χ4n) is 4.09. The van der Waals surface area contributed by atoms with Gasteiger partial charge in [-0.3, -0.25) is 9.59 Å². The summed E-state index contributed by atoms with van der Waals surface area (Å²) in [6, 6.07) is 8.63. The van der Waals surface area contributed by atoms with Crippen LogP contribution < -0.4 is 10.6 Å². The quantitative estimate of drug-likeness (QED) is 0.457. The summed E-state index contributed by atoms with van der Waals surface area (Å²) in [6.07, 6.45) is 6.65. The second-order valence-electron chi connectivity index (χ2n) is 7.90. The topological polar surface area (TPSA) is 78.4 Å². The van der Waals surface area contributed by atoms with Gasteiger partial charge in [-0.05, 0) is 54.7 Å². The monoisotopic (exact) mass is 442 g/mol. The van der Waals surface area contributed by atoms with Gasteiger partial charge in [0.05, 0.1) is 11.3 Å². The van der Waals surface area contributed by atoms with Crippen molar-refractivity contribution in [3.05, 3.63) is 82.0 Å². The Morgan fingerprint density at radius 3 is 2.34 bits per heavy atom. The van der Waals surface area contributed by atoms with Crippen LogP contribution in [0, 0.1) is 17.5 Å². The minimum absolute atomic E-state index is 0.406. The Morgan fingerprint density at radius 2 is 1.66 bits per heavy atom. The van der Waals surface area contributed by atoms with Crippen molar-refractivity contribution in [2.45, 2.75) is 38.0 Å². The van der Waals surface area contributed by atoms with Crippen LogP contribution in [-0.4, -0.2) is 16.9 Å². The SMILES string of the molecule is O=C1N/C(=C/c2c(F)ccc(F)c2F)C(O)=C1C(=O)Nc1ccc(C2CCCCC2)cc1. The Hall–Kier alpha value is -3.55. The first-order chi connectivity index (χ1) is 15.3. The molecule has 0 aromatic heterocycles. The third kappa shape index (κ3) is 4.26. The number of aliphatic hydroxyl groups is 1. The highest BCUT2D eigenvalue weighted by atomic mass is 19.2. The smallest absolute Gasteiger partial charge is 0.265 e. The van der Waals surface area contributed by atoms with E-state index in [0.717, 1.165) is 18.9 Å². The van der Waals surface area contributed by atoms with Crippen molar-refractivity contribution in [2.75, 3.05) is 5.32 Å². The van der Waals surface area contributed by atoms with E-state index in [2.05, 4.69) is 10.6 Å². The lowest BCUT2D eigenvalue weighted by atomic mass is 9.84. The first kappa shape index (κ1) is 21.7. The van der Waals surface area contributed by atoms with E-state index in [-0.39, 0.29) is 0 Å². The molecule has 1 aliphatic carbocycles. The first-order valence-electron chi connectivity index (χ1n) is 10.4. The predicted octanol–water partition coefficient (Wildman–Crippen LogP) is 5.07. The lowest BCUT2D eigenvalue weighted by molar-refractivity contribution is -0.120. The average Bonchev–Trinajstić information content (AvgIpc) is 3.08. The Bertz CT molecular complexity index is 1130. The number of amides is 2. The van der Waals surface area contributed by atoms with E-state index in [0.29, 0.717) is 23.7 Å². The van der Waals surface area contributed by atoms with Crippen LogP contribution in [0.25, 0.3) is 6.08 Å². The molecule has 0 bridgehead atoms. The number of rotatable bonds is 4. The lowest BCUT2D eigenvalue weighted by Crippen LogP contribution is -2.24. The largest absolute Gasteiger partial charge is 0.505 e. The summed E-state index contributed by atoms with van der Waals surface area (Å²) in [6.45, 7) is 0. The predicted molar refractivity (Wildman–Crippen MR) is 113 cm³/mol. The van der Waals surface area contributed by atoms with E-state index in [1.807, 2.05) is 12.1 Å². The Kier molecular flexibility index (Phi) is 6.03. The van der Waals surface area contributed by atoms with E-state index < -0.39 is 51.9 Å². The van der Waals surface area contributed by atoms with Crippen molar-refractivity contribution >= 4 is 23.6 Å². The average molecular weight is 442 g/mol. The number of anilines is 1. The van der Waals surface area contributed by atoms with Gasteiger partial charge in [0.15, 0.2) is 17.4 Å². The summed E-state index contributed by atoms with van der Waals surface area (Å²) in [7, 11) is 0. The minimum atomic E-state index is -1.48. The van der Waals surface area contributed by atoms with Crippen molar-refractivity contribution in [3.8, 4) is 0 Å². The number of nitrogens with one attached hydrogen (secondary N) is 2. The molecule has 1 aliphatic heterocycles. The summed E-state index contributed by atoms with van der Waals surface area (Å²) in [4.78, 5) is 24.8. The Labute approximate surface area is 182 Å². The standard InChI is InChI=1S/C24H21F3N2O3/c25-17-10-11-18(26)21(27)16(17)12-19-22(30)20(24(32)29-19)23(31)28-15-8-6-14(7-9-15)13-4-2-1-3-5-13/h6-13,30H,1-5H2,(H,28,31)(H,29,32)/b19-12+. The molecule has 32 heavy (non-hydrogen) atoms. The molecule has 4 rings (SSSR count). The fraction of sp³-hybridized carbons (Fsp3) is 0.250. The number of hydrogen-bond donors (Lipinski definition) is 3. The first-order valence-corrected chi connectivity index (χ1v) is 10.4. The van der Waals surface area contributed by atoms with Gasteiger partial charge in [-0.25, -0.2) is 13.2 Å². The zero-order valence-electron chi connectivity index (χ0n) is 17.1. The molecule has 2 aromatic carbocycles. The van der Waals surface area contributed by atoms with Crippen LogP contribution in [0.4, 0.5) is 18.9 Å². The molecule has 5 nitrogen and oxygen atoms in total. The number of carbonyl (C=O) groups is 2. The molecule has 0 saturated heterocycles. The molecule has 3 N–H and O–H groups in total. The molecule has 0 radical (unpaired) electrons. The maximum Gasteiger partial charge on any atom is 0.265 e. The van der Waals surface area contributed by atoms with Crippen molar-refractivity contribution in [3.63, 3.8) is 0 Å². The molecule has 0 atom stereocenters. The fourth-order valence-corrected chi connectivity index (χ4v) is 4.09. The molecule has 2 aliphatic rings. The Balaban J connectivity index is 1.54. The number of carbonyl (C=O) groups excluding carboxylic acids is 2.